The standard InChI is InChI=1S/C7H11NO2S/c1-5(2)3-6(7(9)10)8-4-11/h5-6H,3H2,1-2H3,(H,9,10). The fraction of sp³-hybridized carbons (Fsp3) is 0.714. The number of isothiocyanates is 1. The van der Waals surface area contributed by atoms with Gasteiger partial charge in [-0.15, -0.1) is 0 Å². The lowest BCUT2D eigenvalue weighted by Crippen LogP contribution is -2.19. The van der Waals surface area contributed by atoms with Crippen molar-refractivity contribution in [1.29, 1.82) is 0 Å². The largest absolute Gasteiger partial charge is 0.480 e. The molecule has 0 amide bonds. The number of aliphatic carboxylic acids is 1. The molecule has 0 saturated carbocycles. The van der Waals surface area contributed by atoms with E-state index in [-0.39, 0.29) is 0 Å². The van der Waals surface area contributed by atoms with Crippen molar-refractivity contribution in [2.75, 3.05) is 0 Å². The van der Waals surface area contributed by atoms with Crippen LogP contribution in [-0.2, 0) is 4.79 Å². The normalized spacial score (nSPS) is 12.3. The summed E-state index contributed by atoms with van der Waals surface area (Å²) in [6.07, 6.45) is 0.513. The maximum atomic E-state index is 10.4. The Balaban J connectivity index is 4.11. The molecule has 0 fully saturated rings. The number of nitrogens with zero attached hydrogens (tertiary/aromatic N) is 1. The third kappa shape index (κ3) is 4.65. The SMILES string of the molecule is CC(C)CC(N=C=S)C(=O)O. The summed E-state index contributed by atoms with van der Waals surface area (Å²) in [5.41, 5.74) is 0. The summed E-state index contributed by atoms with van der Waals surface area (Å²) in [6.45, 7) is 3.88. The van der Waals surface area contributed by atoms with Gasteiger partial charge in [-0.3, -0.25) is 0 Å². The number of rotatable bonds is 4. The lowest BCUT2D eigenvalue weighted by atomic mass is 10.0. The maximum Gasteiger partial charge on any atom is 0.329 e. The molecule has 0 aliphatic heterocycles. The Morgan fingerprint density at radius 2 is 2.27 bits per heavy atom. The van der Waals surface area contributed by atoms with Gasteiger partial charge in [0.05, 0.1) is 5.16 Å². The Kier molecular flexibility index (Phi) is 4.66. The van der Waals surface area contributed by atoms with Gasteiger partial charge in [0.15, 0.2) is 6.04 Å². The molecule has 0 aliphatic carbocycles. The van der Waals surface area contributed by atoms with Gasteiger partial charge in [-0.25, -0.2) is 9.79 Å². The molecular formula is C7H11NO2S. The summed E-state index contributed by atoms with van der Waals surface area (Å²) < 4.78 is 0. The zero-order valence-corrected chi connectivity index (χ0v) is 7.39. The lowest BCUT2D eigenvalue weighted by Gasteiger charge is -2.07. The predicted molar refractivity (Wildman–Crippen MR) is 45.9 cm³/mol. The molecule has 0 saturated heterocycles. The molecule has 4 heteroatoms. The van der Waals surface area contributed by atoms with E-state index in [0.717, 1.165) is 0 Å². The molecule has 0 aromatic rings. The highest BCUT2D eigenvalue weighted by Crippen LogP contribution is 2.07. The molecule has 62 valence electrons. The zero-order chi connectivity index (χ0) is 8.85. The molecule has 11 heavy (non-hydrogen) atoms. The topological polar surface area (TPSA) is 49.7 Å². The van der Waals surface area contributed by atoms with E-state index in [0.29, 0.717) is 12.3 Å². The third-order valence-electron chi connectivity index (χ3n) is 1.19. The molecule has 0 heterocycles. The molecule has 0 aliphatic rings. The van der Waals surface area contributed by atoms with Gasteiger partial charge < -0.3 is 5.11 Å². The molecule has 0 radical (unpaired) electrons. The van der Waals surface area contributed by atoms with Gasteiger partial charge in [-0.05, 0) is 24.6 Å². The van der Waals surface area contributed by atoms with Gasteiger partial charge in [0, 0.05) is 0 Å². The van der Waals surface area contributed by atoms with E-state index in [9.17, 15) is 4.79 Å². The predicted octanol–water partition coefficient (Wildman–Crippen LogP) is 1.59. The van der Waals surface area contributed by atoms with Crippen molar-refractivity contribution in [3.8, 4) is 0 Å². The zero-order valence-electron chi connectivity index (χ0n) is 6.57. The minimum atomic E-state index is -0.934. The van der Waals surface area contributed by atoms with Crippen LogP contribution in [0.3, 0.4) is 0 Å². The lowest BCUT2D eigenvalue weighted by molar-refractivity contribution is -0.138. The van der Waals surface area contributed by atoms with Gasteiger partial charge >= 0.3 is 5.97 Å². The quantitative estimate of drug-likeness (QED) is 0.518. The molecule has 0 aromatic heterocycles. The minimum Gasteiger partial charge on any atom is -0.480 e. The molecule has 0 bridgehead atoms. The van der Waals surface area contributed by atoms with Crippen LogP contribution in [-0.4, -0.2) is 22.3 Å². The van der Waals surface area contributed by atoms with Crippen LogP contribution in [0, 0.1) is 5.92 Å². The Hall–Kier alpha value is -0.730. The number of hydrogen-bond acceptors (Lipinski definition) is 3. The smallest absolute Gasteiger partial charge is 0.329 e. The van der Waals surface area contributed by atoms with E-state index in [1.165, 1.54) is 0 Å². The van der Waals surface area contributed by atoms with Crippen LogP contribution in [0.1, 0.15) is 20.3 Å². The molecule has 0 aromatic carbocycles. The summed E-state index contributed by atoms with van der Waals surface area (Å²) in [6, 6.07) is -0.715. The monoisotopic (exact) mass is 173 g/mol. The Morgan fingerprint density at radius 1 is 1.73 bits per heavy atom. The van der Waals surface area contributed by atoms with Crippen molar-refractivity contribution in [3.63, 3.8) is 0 Å². The molecule has 1 N–H and O–H groups in total. The summed E-state index contributed by atoms with van der Waals surface area (Å²) in [5.74, 6) is -0.626. The molecule has 1 atom stereocenters. The van der Waals surface area contributed by atoms with Crippen molar-refractivity contribution >= 4 is 23.3 Å². The van der Waals surface area contributed by atoms with Gasteiger partial charge in [-0.2, -0.15) is 0 Å². The van der Waals surface area contributed by atoms with Gasteiger partial charge in [0.1, 0.15) is 0 Å². The van der Waals surface area contributed by atoms with Crippen LogP contribution in [0.5, 0.6) is 0 Å². The summed E-state index contributed by atoms with van der Waals surface area (Å²) in [5, 5.41) is 10.7. The van der Waals surface area contributed by atoms with Crippen molar-refractivity contribution in [2.45, 2.75) is 26.3 Å². The second-order valence-electron chi connectivity index (χ2n) is 2.70. The summed E-state index contributed by atoms with van der Waals surface area (Å²) in [7, 11) is 0. The van der Waals surface area contributed by atoms with Crippen molar-refractivity contribution < 1.29 is 9.90 Å². The number of thiocarbonyl (C=S) groups is 1. The van der Waals surface area contributed by atoms with Crippen LogP contribution in [0.15, 0.2) is 4.99 Å². The summed E-state index contributed by atoms with van der Waals surface area (Å²) in [4.78, 5) is 14.0. The van der Waals surface area contributed by atoms with Crippen LogP contribution in [0.25, 0.3) is 0 Å². The Bertz CT molecular complexity index is 183. The Labute approximate surface area is 71.1 Å². The van der Waals surface area contributed by atoms with E-state index >= 15 is 0 Å². The van der Waals surface area contributed by atoms with Crippen molar-refractivity contribution in [2.24, 2.45) is 10.9 Å². The van der Waals surface area contributed by atoms with E-state index in [4.69, 9.17) is 5.11 Å². The highest BCUT2D eigenvalue weighted by atomic mass is 32.1. The number of aliphatic imine (C=N–C) groups is 1. The van der Waals surface area contributed by atoms with E-state index in [1.807, 2.05) is 13.8 Å². The average molecular weight is 173 g/mol. The Morgan fingerprint density at radius 3 is 2.55 bits per heavy atom. The van der Waals surface area contributed by atoms with E-state index < -0.39 is 12.0 Å². The average Bonchev–Trinajstić information content (AvgIpc) is 1.86. The second kappa shape index (κ2) is 4.99. The number of carbonyl (C=O) groups is 1. The highest BCUT2D eigenvalue weighted by molar-refractivity contribution is 7.78. The fourth-order valence-electron chi connectivity index (χ4n) is 0.719. The molecule has 3 nitrogen and oxygen atoms in total. The van der Waals surface area contributed by atoms with E-state index in [2.05, 4.69) is 22.4 Å². The fourth-order valence-corrected chi connectivity index (χ4v) is 0.846. The van der Waals surface area contributed by atoms with Crippen molar-refractivity contribution in [3.05, 3.63) is 0 Å². The molecule has 0 rings (SSSR count). The third-order valence-corrected chi connectivity index (χ3v) is 1.29. The first-order valence-corrected chi connectivity index (χ1v) is 3.78. The number of carboxylic acid groups (broad SMARTS) is 1. The number of carboxylic acids is 1. The molecule has 1 unspecified atom stereocenters. The molecule has 0 spiro atoms. The maximum absolute atomic E-state index is 10.4. The van der Waals surface area contributed by atoms with Gasteiger partial charge in [0.2, 0.25) is 0 Å². The summed E-state index contributed by atoms with van der Waals surface area (Å²) >= 11 is 4.32. The first kappa shape index (κ1) is 10.3. The first-order valence-electron chi connectivity index (χ1n) is 3.37. The van der Waals surface area contributed by atoms with E-state index in [1.54, 1.807) is 0 Å². The highest BCUT2D eigenvalue weighted by Gasteiger charge is 2.16. The van der Waals surface area contributed by atoms with Gasteiger partial charge in [-0.1, -0.05) is 13.8 Å². The minimum absolute atomic E-state index is 0.309. The molecular weight excluding hydrogens is 162 g/mol. The number of hydrogen-bond donors (Lipinski definition) is 1. The van der Waals surface area contributed by atoms with Crippen LogP contribution < -0.4 is 0 Å². The van der Waals surface area contributed by atoms with Crippen LogP contribution >= 0.6 is 12.2 Å². The van der Waals surface area contributed by atoms with Gasteiger partial charge in [0.25, 0.3) is 0 Å². The van der Waals surface area contributed by atoms with Crippen LogP contribution in [0.4, 0.5) is 0 Å². The van der Waals surface area contributed by atoms with Crippen molar-refractivity contribution in [1.82, 2.24) is 0 Å². The second-order valence-corrected chi connectivity index (χ2v) is 2.89. The first-order chi connectivity index (χ1) is 5.07. The van der Waals surface area contributed by atoms with Crippen LogP contribution in [0.2, 0.25) is 0 Å².